The molecule has 2 aromatic carbocycles. The maximum Gasteiger partial charge on any atom is 0.251 e. The van der Waals surface area contributed by atoms with E-state index in [1.807, 2.05) is 19.1 Å². The number of rotatable bonds is 6. The summed E-state index contributed by atoms with van der Waals surface area (Å²) in [5.74, 6) is 0.384. The van der Waals surface area contributed by atoms with Crippen LogP contribution in [0.15, 0.2) is 53.1 Å². The second-order valence-corrected chi connectivity index (χ2v) is 7.76. The van der Waals surface area contributed by atoms with Crippen LogP contribution in [0.2, 0.25) is 0 Å². The molecule has 8 nitrogen and oxygen atoms in total. The van der Waals surface area contributed by atoms with Crippen molar-refractivity contribution in [1.29, 1.82) is 0 Å². The van der Waals surface area contributed by atoms with E-state index in [9.17, 15) is 13.2 Å². The minimum Gasteiger partial charge on any atom is -0.343 e. The van der Waals surface area contributed by atoms with Gasteiger partial charge in [0.1, 0.15) is 0 Å². The van der Waals surface area contributed by atoms with Gasteiger partial charge in [0.15, 0.2) is 0 Å². The lowest BCUT2D eigenvalue weighted by Gasteiger charge is -2.03. The molecule has 3 aromatic rings. The Morgan fingerprint density at radius 1 is 1.07 bits per heavy atom. The van der Waals surface area contributed by atoms with Crippen LogP contribution in [-0.4, -0.2) is 30.7 Å². The third-order valence-corrected chi connectivity index (χ3v) is 4.23. The van der Waals surface area contributed by atoms with Gasteiger partial charge in [-0.15, -0.1) is 0 Å². The number of carbonyl (C=O) groups excluding carboxylic acids is 1. The first-order chi connectivity index (χ1) is 12.8. The van der Waals surface area contributed by atoms with Crippen LogP contribution >= 0.6 is 0 Å². The predicted octanol–water partition coefficient (Wildman–Crippen LogP) is 2.35. The van der Waals surface area contributed by atoms with Crippen molar-refractivity contribution in [1.82, 2.24) is 15.5 Å². The van der Waals surface area contributed by atoms with E-state index < -0.39 is 10.0 Å². The monoisotopic (exact) mass is 386 g/mol. The van der Waals surface area contributed by atoms with Crippen molar-refractivity contribution in [3.8, 4) is 11.4 Å². The summed E-state index contributed by atoms with van der Waals surface area (Å²) in [6, 6.07) is 13.8. The maximum absolute atomic E-state index is 12.1. The van der Waals surface area contributed by atoms with Crippen LogP contribution in [0.3, 0.4) is 0 Å². The van der Waals surface area contributed by atoms with Gasteiger partial charge < -0.3 is 9.84 Å². The van der Waals surface area contributed by atoms with Crippen molar-refractivity contribution in [3.05, 3.63) is 65.5 Å². The Kier molecular flexibility index (Phi) is 5.22. The lowest BCUT2D eigenvalue weighted by atomic mass is 10.1. The Morgan fingerprint density at radius 3 is 2.37 bits per heavy atom. The third-order valence-electron chi connectivity index (χ3n) is 3.63. The molecule has 0 unspecified atom stereocenters. The topological polar surface area (TPSA) is 114 Å². The predicted molar refractivity (Wildman–Crippen MR) is 101 cm³/mol. The highest BCUT2D eigenvalue weighted by Crippen LogP contribution is 2.19. The number of carbonyl (C=O) groups is 1. The molecule has 27 heavy (non-hydrogen) atoms. The quantitative estimate of drug-likeness (QED) is 0.672. The Hall–Kier alpha value is -3.20. The molecule has 0 spiro atoms. The van der Waals surface area contributed by atoms with Crippen LogP contribution in [0.4, 0.5) is 5.69 Å². The molecule has 0 fully saturated rings. The lowest BCUT2D eigenvalue weighted by Crippen LogP contribution is -2.22. The highest BCUT2D eigenvalue weighted by atomic mass is 32.2. The van der Waals surface area contributed by atoms with Crippen molar-refractivity contribution in [2.75, 3.05) is 11.0 Å². The first-order valence-corrected chi connectivity index (χ1v) is 9.95. The Bertz CT molecular complexity index is 1040. The molecule has 0 saturated carbocycles. The van der Waals surface area contributed by atoms with Crippen molar-refractivity contribution < 1.29 is 17.7 Å². The molecule has 2 N–H and O–H groups in total. The number of anilines is 1. The molecule has 140 valence electrons. The van der Waals surface area contributed by atoms with Crippen LogP contribution in [0.5, 0.6) is 0 Å². The molecular weight excluding hydrogens is 368 g/mol. The zero-order valence-electron chi connectivity index (χ0n) is 14.8. The molecule has 1 amide bonds. The normalized spacial score (nSPS) is 11.2. The highest BCUT2D eigenvalue weighted by Gasteiger charge is 2.11. The maximum atomic E-state index is 12.1. The molecule has 0 bridgehead atoms. The summed E-state index contributed by atoms with van der Waals surface area (Å²) >= 11 is 0. The summed E-state index contributed by atoms with van der Waals surface area (Å²) in [4.78, 5) is 16.3. The van der Waals surface area contributed by atoms with Crippen LogP contribution in [0.1, 0.15) is 21.8 Å². The molecule has 0 aliphatic heterocycles. The van der Waals surface area contributed by atoms with E-state index in [1.54, 1.807) is 36.4 Å². The van der Waals surface area contributed by atoms with Crippen LogP contribution in [0, 0.1) is 6.92 Å². The Morgan fingerprint density at radius 2 is 1.74 bits per heavy atom. The average Bonchev–Trinajstić information content (AvgIpc) is 3.08. The van der Waals surface area contributed by atoms with Crippen LogP contribution in [0.25, 0.3) is 11.4 Å². The fourth-order valence-corrected chi connectivity index (χ4v) is 2.87. The van der Waals surface area contributed by atoms with Gasteiger partial charge >= 0.3 is 0 Å². The van der Waals surface area contributed by atoms with Crippen LogP contribution in [-0.2, 0) is 16.6 Å². The Labute approximate surface area is 156 Å². The summed E-state index contributed by atoms with van der Waals surface area (Å²) in [5, 5.41) is 6.60. The van der Waals surface area contributed by atoms with Gasteiger partial charge in [-0.1, -0.05) is 22.9 Å². The molecule has 0 atom stereocenters. The smallest absolute Gasteiger partial charge is 0.251 e. The van der Waals surface area contributed by atoms with Gasteiger partial charge in [0.05, 0.1) is 12.8 Å². The number of aryl methyl sites for hydroxylation is 1. The minimum absolute atomic E-state index is 0.105. The molecule has 1 aromatic heterocycles. The number of nitrogens with one attached hydrogen (secondary N) is 2. The van der Waals surface area contributed by atoms with Crippen LogP contribution < -0.4 is 10.0 Å². The molecule has 3 rings (SSSR count). The number of aromatic nitrogens is 2. The zero-order chi connectivity index (χ0) is 19.4. The van der Waals surface area contributed by atoms with Gasteiger partial charge in [-0.2, -0.15) is 4.98 Å². The molecule has 1 heterocycles. The number of benzene rings is 2. The minimum atomic E-state index is -3.33. The summed E-state index contributed by atoms with van der Waals surface area (Å²) in [6.07, 6.45) is 1.08. The van der Waals surface area contributed by atoms with Gasteiger partial charge in [0.25, 0.3) is 5.91 Å². The van der Waals surface area contributed by atoms with Crippen molar-refractivity contribution in [3.63, 3.8) is 0 Å². The molecule has 0 saturated heterocycles. The van der Waals surface area contributed by atoms with Gasteiger partial charge in [-0.25, -0.2) is 8.42 Å². The first-order valence-electron chi connectivity index (χ1n) is 8.06. The summed E-state index contributed by atoms with van der Waals surface area (Å²) in [7, 11) is -3.33. The third kappa shape index (κ3) is 5.14. The first kappa shape index (κ1) is 18.6. The number of sulfonamides is 1. The standard InChI is InChI=1S/C18H18N4O4S/c1-12-3-5-14(6-4-12)18(23)19-11-16-20-17(21-26-16)13-7-9-15(10-8-13)22-27(2,24)25/h3-10,22H,11H2,1-2H3,(H,19,23). The van der Waals surface area contributed by atoms with E-state index in [0.29, 0.717) is 22.6 Å². The average molecular weight is 386 g/mol. The zero-order valence-corrected chi connectivity index (χ0v) is 15.6. The van der Waals surface area contributed by atoms with Crippen molar-refractivity contribution in [2.45, 2.75) is 13.5 Å². The van der Waals surface area contributed by atoms with E-state index >= 15 is 0 Å². The van der Waals surface area contributed by atoms with E-state index in [1.165, 1.54) is 0 Å². The van der Waals surface area contributed by atoms with E-state index in [4.69, 9.17) is 4.52 Å². The summed E-state index contributed by atoms with van der Waals surface area (Å²) in [5.41, 5.74) is 2.73. The Balaban J connectivity index is 1.62. The second-order valence-electron chi connectivity index (χ2n) is 6.01. The SMILES string of the molecule is Cc1ccc(C(=O)NCc2nc(-c3ccc(NS(C)(=O)=O)cc3)no2)cc1. The van der Waals surface area contributed by atoms with E-state index in [2.05, 4.69) is 20.2 Å². The highest BCUT2D eigenvalue weighted by molar-refractivity contribution is 7.92. The lowest BCUT2D eigenvalue weighted by molar-refractivity contribution is 0.0946. The largest absolute Gasteiger partial charge is 0.343 e. The van der Waals surface area contributed by atoms with Crippen molar-refractivity contribution in [2.24, 2.45) is 0 Å². The number of amides is 1. The molecule has 0 radical (unpaired) electrons. The second kappa shape index (κ2) is 7.58. The molecule has 0 aliphatic rings. The summed E-state index contributed by atoms with van der Waals surface area (Å²) < 4.78 is 30.0. The fourth-order valence-electron chi connectivity index (χ4n) is 2.31. The molecular formula is C18H18N4O4S. The van der Waals surface area contributed by atoms with Gasteiger partial charge in [0, 0.05) is 16.8 Å². The fraction of sp³-hybridized carbons (Fsp3) is 0.167. The summed E-state index contributed by atoms with van der Waals surface area (Å²) in [6.45, 7) is 2.05. The number of hydrogen-bond acceptors (Lipinski definition) is 6. The van der Waals surface area contributed by atoms with E-state index in [0.717, 1.165) is 11.8 Å². The van der Waals surface area contributed by atoms with Gasteiger partial charge in [-0.05, 0) is 43.3 Å². The van der Waals surface area contributed by atoms with Gasteiger partial charge in [-0.3, -0.25) is 9.52 Å². The number of hydrogen-bond donors (Lipinski definition) is 2. The molecule has 9 heteroatoms. The number of nitrogens with zero attached hydrogens (tertiary/aromatic N) is 2. The molecule has 0 aliphatic carbocycles. The van der Waals surface area contributed by atoms with Crippen molar-refractivity contribution >= 4 is 21.6 Å². The van der Waals surface area contributed by atoms with E-state index in [-0.39, 0.29) is 18.3 Å². The van der Waals surface area contributed by atoms with Gasteiger partial charge in [0.2, 0.25) is 21.7 Å².